The zero-order chi connectivity index (χ0) is 12.3. The van der Waals surface area contributed by atoms with Crippen LogP contribution in [0, 0.1) is 0 Å². The largest absolute Gasteiger partial charge is 0.481 e. The number of aromatic nitrogens is 2. The smallest absolute Gasteiger partial charge is 0.315 e. The van der Waals surface area contributed by atoms with Gasteiger partial charge in [0.1, 0.15) is 5.41 Å². The minimum atomic E-state index is -0.911. The van der Waals surface area contributed by atoms with Crippen molar-refractivity contribution in [3.63, 3.8) is 0 Å². The molecule has 0 spiro atoms. The first-order chi connectivity index (χ1) is 8.19. The van der Waals surface area contributed by atoms with Crippen LogP contribution in [0.15, 0.2) is 17.4 Å². The molecule has 1 radical (unpaired) electrons. The molecule has 1 N–H and O–H groups in total. The van der Waals surface area contributed by atoms with Crippen LogP contribution >= 0.6 is 11.8 Å². The van der Waals surface area contributed by atoms with Crippen molar-refractivity contribution in [1.29, 1.82) is 0 Å². The molecule has 1 aliphatic heterocycles. The SMILES string of the molecule is CSc1nccc(C2(C(=O)O)CCOCC2)n1.[Li]. The van der Waals surface area contributed by atoms with Crippen LogP contribution in [-0.4, -0.2) is 59.4 Å². The first-order valence-electron chi connectivity index (χ1n) is 5.38. The summed E-state index contributed by atoms with van der Waals surface area (Å²) >= 11 is 1.41. The second kappa shape index (κ2) is 6.57. The van der Waals surface area contributed by atoms with Gasteiger partial charge in [-0.25, -0.2) is 9.97 Å². The van der Waals surface area contributed by atoms with E-state index in [0.717, 1.165) is 0 Å². The number of hydrogen-bond acceptors (Lipinski definition) is 5. The molecule has 0 unspecified atom stereocenters. The Labute approximate surface area is 122 Å². The van der Waals surface area contributed by atoms with E-state index in [9.17, 15) is 9.90 Å². The normalized spacial score (nSPS) is 17.8. The third kappa shape index (κ3) is 2.89. The summed E-state index contributed by atoms with van der Waals surface area (Å²) in [4.78, 5) is 19.9. The molecule has 2 rings (SSSR count). The number of ether oxygens (including phenoxy) is 1. The van der Waals surface area contributed by atoms with E-state index in [2.05, 4.69) is 9.97 Å². The van der Waals surface area contributed by atoms with Crippen molar-refractivity contribution in [2.24, 2.45) is 0 Å². The monoisotopic (exact) mass is 261 g/mol. The zero-order valence-electron chi connectivity index (χ0n) is 10.5. The van der Waals surface area contributed by atoms with Crippen LogP contribution in [0.4, 0.5) is 0 Å². The fourth-order valence-corrected chi connectivity index (χ4v) is 2.36. The Bertz CT molecular complexity index is 425. The van der Waals surface area contributed by atoms with Crippen LogP contribution in [0.5, 0.6) is 0 Å². The van der Waals surface area contributed by atoms with Gasteiger partial charge in [-0.3, -0.25) is 4.79 Å². The van der Waals surface area contributed by atoms with Gasteiger partial charge in [0, 0.05) is 38.3 Å². The average molecular weight is 261 g/mol. The number of carboxylic acids is 1. The topological polar surface area (TPSA) is 72.3 Å². The van der Waals surface area contributed by atoms with Crippen molar-refractivity contribution in [3.8, 4) is 0 Å². The summed E-state index contributed by atoms with van der Waals surface area (Å²) < 4.78 is 5.24. The Morgan fingerprint density at radius 1 is 1.50 bits per heavy atom. The van der Waals surface area contributed by atoms with Crippen LogP contribution in [0.2, 0.25) is 0 Å². The van der Waals surface area contributed by atoms with Crippen LogP contribution in [0.1, 0.15) is 18.5 Å². The Kier molecular flexibility index (Phi) is 5.67. The molecule has 0 atom stereocenters. The van der Waals surface area contributed by atoms with Gasteiger partial charge in [-0.1, -0.05) is 11.8 Å². The summed E-state index contributed by atoms with van der Waals surface area (Å²) in [6.07, 6.45) is 4.42. The van der Waals surface area contributed by atoms with E-state index in [-0.39, 0.29) is 18.9 Å². The van der Waals surface area contributed by atoms with Crippen molar-refractivity contribution in [2.75, 3.05) is 19.5 Å². The molecule has 5 nitrogen and oxygen atoms in total. The van der Waals surface area contributed by atoms with Gasteiger partial charge >= 0.3 is 5.97 Å². The summed E-state index contributed by atoms with van der Waals surface area (Å²) in [7, 11) is 0. The number of rotatable bonds is 3. The number of carbonyl (C=O) groups is 1. The van der Waals surface area contributed by atoms with E-state index in [1.807, 2.05) is 6.26 Å². The number of hydrogen-bond donors (Lipinski definition) is 1. The van der Waals surface area contributed by atoms with Crippen LogP contribution < -0.4 is 0 Å². The van der Waals surface area contributed by atoms with Crippen molar-refractivity contribution >= 4 is 36.6 Å². The number of aliphatic carboxylic acids is 1. The van der Waals surface area contributed by atoms with Gasteiger partial charge in [0.05, 0.1) is 5.69 Å². The Morgan fingerprint density at radius 3 is 2.72 bits per heavy atom. The quantitative estimate of drug-likeness (QED) is 0.496. The van der Waals surface area contributed by atoms with E-state index in [0.29, 0.717) is 36.9 Å². The molecular weight excluding hydrogens is 247 g/mol. The average Bonchev–Trinajstić information content (AvgIpc) is 2.39. The molecule has 0 aromatic carbocycles. The van der Waals surface area contributed by atoms with E-state index in [4.69, 9.17) is 4.74 Å². The Balaban J connectivity index is 0.00000162. The number of thioether (sulfide) groups is 1. The maximum atomic E-state index is 11.6. The molecule has 1 aromatic rings. The minimum Gasteiger partial charge on any atom is -0.481 e. The van der Waals surface area contributed by atoms with E-state index in [1.165, 1.54) is 11.8 Å². The van der Waals surface area contributed by atoms with Crippen LogP contribution in [-0.2, 0) is 14.9 Å². The summed E-state index contributed by atoms with van der Waals surface area (Å²) in [5, 5.41) is 10.1. The van der Waals surface area contributed by atoms with Crippen molar-refractivity contribution in [3.05, 3.63) is 18.0 Å². The van der Waals surface area contributed by atoms with Gasteiger partial charge in [0.25, 0.3) is 0 Å². The molecule has 0 bridgehead atoms. The summed E-state index contributed by atoms with van der Waals surface area (Å²) in [5.41, 5.74) is -0.321. The molecule has 1 aromatic heterocycles. The molecule has 7 heteroatoms. The third-order valence-electron chi connectivity index (χ3n) is 3.06. The van der Waals surface area contributed by atoms with Gasteiger partial charge in [-0.15, -0.1) is 0 Å². The first kappa shape index (κ1) is 15.5. The minimum absolute atomic E-state index is 0. The molecule has 93 valence electrons. The molecule has 2 heterocycles. The van der Waals surface area contributed by atoms with Gasteiger partial charge in [-0.05, 0) is 25.2 Å². The molecule has 1 aliphatic rings. The fourth-order valence-electron chi connectivity index (χ4n) is 2.01. The molecule has 0 aliphatic carbocycles. The summed E-state index contributed by atoms with van der Waals surface area (Å²) in [5.74, 6) is -0.827. The molecule has 1 saturated heterocycles. The van der Waals surface area contributed by atoms with E-state index >= 15 is 0 Å². The van der Waals surface area contributed by atoms with Gasteiger partial charge in [0.15, 0.2) is 5.16 Å². The number of nitrogens with zero attached hydrogens (tertiary/aromatic N) is 2. The van der Waals surface area contributed by atoms with Gasteiger partial charge in [-0.2, -0.15) is 0 Å². The third-order valence-corrected chi connectivity index (χ3v) is 3.62. The van der Waals surface area contributed by atoms with Crippen molar-refractivity contribution < 1.29 is 14.6 Å². The standard InChI is InChI=1S/C11H14N2O3S.Li/c1-17-10-12-5-2-8(13-10)11(9(14)15)3-6-16-7-4-11;/h2,5H,3-4,6-7H2,1H3,(H,14,15);. The zero-order valence-corrected chi connectivity index (χ0v) is 11.4. The van der Waals surface area contributed by atoms with Crippen LogP contribution in [0.25, 0.3) is 0 Å². The second-order valence-electron chi connectivity index (χ2n) is 3.93. The van der Waals surface area contributed by atoms with Crippen molar-refractivity contribution in [1.82, 2.24) is 9.97 Å². The fraction of sp³-hybridized carbons (Fsp3) is 0.545. The maximum absolute atomic E-state index is 11.6. The summed E-state index contributed by atoms with van der Waals surface area (Å²) in [6, 6.07) is 1.69. The second-order valence-corrected chi connectivity index (χ2v) is 4.70. The van der Waals surface area contributed by atoms with Gasteiger partial charge in [0.2, 0.25) is 0 Å². The predicted molar refractivity (Wildman–Crippen MR) is 68.9 cm³/mol. The Hall–Kier alpha value is -0.543. The summed E-state index contributed by atoms with van der Waals surface area (Å²) in [6.45, 7) is 0.926. The maximum Gasteiger partial charge on any atom is 0.315 e. The van der Waals surface area contributed by atoms with Crippen molar-refractivity contribution in [2.45, 2.75) is 23.4 Å². The molecule has 0 amide bonds. The van der Waals surface area contributed by atoms with Gasteiger partial charge < -0.3 is 9.84 Å². The molecular formula is C11H14LiN2O3S. The number of carboxylic acid groups (broad SMARTS) is 1. The van der Waals surface area contributed by atoms with Crippen LogP contribution in [0.3, 0.4) is 0 Å². The molecule has 0 saturated carbocycles. The molecule has 18 heavy (non-hydrogen) atoms. The first-order valence-corrected chi connectivity index (χ1v) is 6.60. The Morgan fingerprint density at radius 2 is 2.17 bits per heavy atom. The molecule has 1 fully saturated rings. The predicted octanol–water partition coefficient (Wildman–Crippen LogP) is 0.950. The van der Waals surface area contributed by atoms with E-state index in [1.54, 1.807) is 12.3 Å². The van der Waals surface area contributed by atoms with E-state index < -0.39 is 11.4 Å².